The largest absolute Gasteiger partial charge is 0.369 e. The zero-order valence-electron chi connectivity index (χ0n) is 25.0. The maximum absolute atomic E-state index is 12.8. The summed E-state index contributed by atoms with van der Waals surface area (Å²) in [6, 6.07) is 16.6. The monoisotopic (exact) mass is 598 g/mol. The summed E-state index contributed by atoms with van der Waals surface area (Å²) >= 11 is 6.12. The third-order valence-electron chi connectivity index (χ3n) is 7.84. The minimum atomic E-state index is -0.376. The molecule has 0 saturated carbocycles. The van der Waals surface area contributed by atoms with Gasteiger partial charge in [-0.05, 0) is 66.6 Å². The number of aryl methyl sites for hydroxylation is 1. The molecule has 43 heavy (non-hydrogen) atoms. The van der Waals surface area contributed by atoms with E-state index in [2.05, 4.69) is 71.9 Å². The van der Waals surface area contributed by atoms with Gasteiger partial charge >= 0.3 is 0 Å². The molecule has 4 heterocycles. The molecule has 2 aromatic carbocycles. The van der Waals surface area contributed by atoms with Crippen molar-refractivity contribution in [1.29, 1.82) is 0 Å². The number of rotatable bonds is 6. The van der Waals surface area contributed by atoms with Crippen LogP contribution in [0.2, 0.25) is 0 Å². The zero-order valence-corrected chi connectivity index (χ0v) is 25.7. The Bertz CT molecular complexity index is 1760. The Morgan fingerprint density at radius 2 is 1.74 bits per heavy atom. The van der Waals surface area contributed by atoms with Crippen LogP contribution in [0.15, 0.2) is 59.3 Å². The molecule has 2 N–H and O–H groups in total. The number of carbonyl (C=O) groups is 1. The number of carbonyl (C=O) groups excluding carboxylic acids is 1. The Balaban J connectivity index is 1.20. The van der Waals surface area contributed by atoms with Crippen molar-refractivity contribution in [3.63, 3.8) is 0 Å². The number of aromatic nitrogens is 5. The summed E-state index contributed by atoms with van der Waals surface area (Å²) in [6.07, 6.45) is 1.86. The molecule has 1 fully saturated rings. The summed E-state index contributed by atoms with van der Waals surface area (Å²) < 4.78 is 7.12. The molecule has 1 atom stereocenters. The van der Waals surface area contributed by atoms with Gasteiger partial charge in [0.1, 0.15) is 0 Å². The second-order valence-corrected chi connectivity index (χ2v) is 12.6. The van der Waals surface area contributed by atoms with Gasteiger partial charge in [0.25, 0.3) is 11.7 Å². The SMILES string of the molecule is Cc1cc(-c2[nH]nc3ncc(-c4ccc(N5CCN(Cl)CC5)cc4)cc23)ccc1C(C)NC(=O)c1noc(C(C)(C)C)n1. The first-order valence-electron chi connectivity index (χ1n) is 14.4. The highest BCUT2D eigenvalue weighted by atomic mass is 35.5. The van der Waals surface area contributed by atoms with Crippen LogP contribution < -0.4 is 10.2 Å². The van der Waals surface area contributed by atoms with Crippen LogP contribution >= 0.6 is 11.8 Å². The van der Waals surface area contributed by atoms with Crippen LogP contribution in [-0.4, -0.2) is 61.8 Å². The van der Waals surface area contributed by atoms with Crippen LogP contribution in [0.3, 0.4) is 0 Å². The predicted octanol–water partition coefficient (Wildman–Crippen LogP) is 6.05. The fourth-order valence-corrected chi connectivity index (χ4v) is 5.51. The van der Waals surface area contributed by atoms with Crippen molar-refractivity contribution in [2.75, 3.05) is 31.1 Å². The van der Waals surface area contributed by atoms with Crippen LogP contribution in [-0.2, 0) is 5.41 Å². The van der Waals surface area contributed by atoms with E-state index in [0.29, 0.717) is 11.5 Å². The number of H-pyrrole nitrogens is 1. The molecule has 0 aliphatic carbocycles. The maximum atomic E-state index is 12.8. The van der Waals surface area contributed by atoms with E-state index in [4.69, 9.17) is 16.3 Å². The molecule has 0 bridgehead atoms. The first-order valence-corrected chi connectivity index (χ1v) is 14.8. The topological polar surface area (TPSA) is 116 Å². The summed E-state index contributed by atoms with van der Waals surface area (Å²) in [6.45, 7) is 13.4. The third-order valence-corrected chi connectivity index (χ3v) is 8.18. The molecule has 11 heteroatoms. The minimum Gasteiger partial charge on any atom is -0.369 e. The predicted molar refractivity (Wildman–Crippen MR) is 168 cm³/mol. The summed E-state index contributed by atoms with van der Waals surface area (Å²) in [7, 11) is 0. The van der Waals surface area contributed by atoms with E-state index in [9.17, 15) is 4.79 Å². The molecule has 1 amide bonds. The van der Waals surface area contributed by atoms with Gasteiger partial charge in [-0.2, -0.15) is 10.1 Å². The smallest absolute Gasteiger partial charge is 0.293 e. The lowest BCUT2D eigenvalue weighted by molar-refractivity contribution is 0.0926. The second kappa shape index (κ2) is 11.4. The Hall–Kier alpha value is -4.28. The van der Waals surface area contributed by atoms with Crippen LogP contribution in [0.25, 0.3) is 33.4 Å². The van der Waals surface area contributed by atoms with E-state index in [0.717, 1.165) is 65.1 Å². The van der Waals surface area contributed by atoms with Gasteiger partial charge in [0, 0.05) is 60.0 Å². The van der Waals surface area contributed by atoms with Gasteiger partial charge < -0.3 is 14.7 Å². The lowest BCUT2D eigenvalue weighted by Gasteiger charge is -2.32. The van der Waals surface area contributed by atoms with Gasteiger partial charge in [-0.1, -0.05) is 50.2 Å². The quantitative estimate of drug-likeness (QED) is 0.227. The number of pyridine rings is 1. The van der Waals surface area contributed by atoms with Crippen molar-refractivity contribution < 1.29 is 9.32 Å². The highest BCUT2D eigenvalue weighted by Gasteiger charge is 2.25. The number of nitrogens with one attached hydrogen (secondary N) is 2. The number of fused-ring (bicyclic) bond motifs is 1. The van der Waals surface area contributed by atoms with Gasteiger partial charge in [-0.25, -0.2) is 9.40 Å². The normalized spacial score (nSPS) is 15.2. The number of anilines is 1. The maximum Gasteiger partial charge on any atom is 0.293 e. The lowest BCUT2D eigenvalue weighted by atomic mass is 9.97. The Labute approximate surface area is 255 Å². The molecular formula is C32H35ClN8O2. The first kappa shape index (κ1) is 28.8. The van der Waals surface area contributed by atoms with Crippen molar-refractivity contribution >= 4 is 34.4 Å². The second-order valence-electron chi connectivity index (χ2n) is 12.1. The first-order chi connectivity index (χ1) is 20.6. The van der Waals surface area contributed by atoms with Crippen molar-refractivity contribution in [2.24, 2.45) is 0 Å². The standard InChI is InChI=1S/C32H35ClN8O2/c1-19-16-22(8-11-25(19)20(2)35-30(42)29-36-31(43-39-29)32(3,4)5)27-26-17-23(18-34-28(26)38-37-27)21-6-9-24(10-7-21)40-12-14-41(33)15-13-40/h6-11,16-18,20H,12-15H2,1-5H3,(H,35,42)(H,34,37,38). The van der Waals surface area contributed by atoms with Gasteiger partial charge in [0.05, 0.1) is 11.7 Å². The van der Waals surface area contributed by atoms with E-state index >= 15 is 0 Å². The van der Waals surface area contributed by atoms with Gasteiger partial charge in [-0.15, -0.1) is 0 Å². The van der Waals surface area contributed by atoms with Crippen molar-refractivity contribution in [2.45, 2.75) is 46.1 Å². The third kappa shape index (κ3) is 5.98. The Morgan fingerprint density at radius 1 is 1.02 bits per heavy atom. The molecule has 6 rings (SSSR count). The number of piperazine rings is 1. The summed E-state index contributed by atoms with van der Waals surface area (Å²) in [4.78, 5) is 24.1. The number of hydrogen-bond donors (Lipinski definition) is 2. The molecule has 1 unspecified atom stereocenters. The fraction of sp³-hybridized carbons (Fsp3) is 0.344. The number of hydrogen-bond acceptors (Lipinski definition) is 8. The molecule has 3 aromatic heterocycles. The number of benzene rings is 2. The number of aromatic amines is 1. The molecule has 222 valence electrons. The van der Waals surface area contributed by atoms with E-state index < -0.39 is 0 Å². The number of amides is 1. The van der Waals surface area contributed by atoms with Gasteiger partial charge in [0.2, 0.25) is 5.89 Å². The van der Waals surface area contributed by atoms with Crippen molar-refractivity contribution in [3.8, 4) is 22.4 Å². The van der Waals surface area contributed by atoms with Gasteiger partial charge in [-0.3, -0.25) is 9.89 Å². The van der Waals surface area contributed by atoms with Crippen LogP contribution in [0, 0.1) is 6.92 Å². The molecule has 5 aromatic rings. The Kier molecular flexibility index (Phi) is 7.66. The molecule has 1 saturated heterocycles. The van der Waals surface area contributed by atoms with E-state index in [1.807, 2.05) is 57.4 Å². The highest BCUT2D eigenvalue weighted by Crippen LogP contribution is 2.32. The fourth-order valence-electron chi connectivity index (χ4n) is 5.36. The minimum absolute atomic E-state index is 0.0297. The van der Waals surface area contributed by atoms with E-state index in [1.165, 1.54) is 5.69 Å². The summed E-state index contributed by atoms with van der Waals surface area (Å²) in [5.41, 5.74) is 7.55. The average Bonchev–Trinajstić information content (AvgIpc) is 3.66. The van der Waals surface area contributed by atoms with Gasteiger partial charge in [0.15, 0.2) is 5.65 Å². The van der Waals surface area contributed by atoms with Crippen LogP contribution in [0.1, 0.15) is 61.4 Å². The zero-order chi connectivity index (χ0) is 30.3. The number of nitrogens with zero attached hydrogens (tertiary/aromatic N) is 6. The highest BCUT2D eigenvalue weighted by molar-refractivity contribution is 6.13. The molecule has 1 aliphatic rings. The van der Waals surface area contributed by atoms with E-state index in [1.54, 1.807) is 0 Å². The van der Waals surface area contributed by atoms with Crippen LogP contribution in [0.5, 0.6) is 0 Å². The van der Waals surface area contributed by atoms with Crippen molar-refractivity contribution in [1.82, 2.24) is 35.1 Å². The van der Waals surface area contributed by atoms with Crippen LogP contribution in [0.4, 0.5) is 5.69 Å². The molecule has 1 aliphatic heterocycles. The lowest BCUT2D eigenvalue weighted by Crippen LogP contribution is -2.42. The molecule has 0 radical (unpaired) electrons. The number of halogens is 1. The van der Waals surface area contributed by atoms with Crippen molar-refractivity contribution in [3.05, 3.63) is 77.6 Å². The summed E-state index contributed by atoms with van der Waals surface area (Å²) in [5, 5.41) is 15.4. The average molecular weight is 599 g/mol. The molecule has 0 spiro atoms. The molecule has 10 nitrogen and oxygen atoms in total. The van der Waals surface area contributed by atoms with E-state index in [-0.39, 0.29) is 23.2 Å². The Morgan fingerprint density at radius 3 is 2.42 bits per heavy atom. The molecular weight excluding hydrogens is 564 g/mol. The summed E-state index contributed by atoms with van der Waals surface area (Å²) in [5.74, 6) is 0.0787.